The summed E-state index contributed by atoms with van der Waals surface area (Å²) in [5, 5.41) is 13.2. The number of Topliss-reactive ketones (excluding diaryl/α,β-unsaturated/α-hetero) is 1. The Morgan fingerprint density at radius 3 is 2.26 bits per heavy atom. The number of nitrogens with zero attached hydrogens (tertiary/aromatic N) is 1. The first-order chi connectivity index (χ1) is 16.6. The van der Waals surface area contributed by atoms with Gasteiger partial charge in [-0.05, 0) is 47.5 Å². The number of ketones is 1. The van der Waals surface area contributed by atoms with E-state index in [9.17, 15) is 14.7 Å². The molecular formula is C29H23NO4. The minimum Gasteiger partial charge on any atom is -0.507 e. The Labute approximate surface area is 197 Å². The molecular weight excluding hydrogens is 426 g/mol. The molecule has 1 saturated heterocycles. The van der Waals surface area contributed by atoms with Crippen molar-refractivity contribution in [2.75, 3.05) is 11.5 Å². The van der Waals surface area contributed by atoms with Gasteiger partial charge in [-0.2, -0.15) is 0 Å². The molecule has 1 fully saturated rings. The van der Waals surface area contributed by atoms with E-state index in [1.807, 2.05) is 85.8 Å². The van der Waals surface area contributed by atoms with E-state index in [1.54, 1.807) is 18.2 Å². The zero-order valence-electron chi connectivity index (χ0n) is 18.6. The Hall–Kier alpha value is -4.38. The number of rotatable bonds is 5. The largest absolute Gasteiger partial charge is 0.507 e. The number of amides is 1. The maximum Gasteiger partial charge on any atom is 0.300 e. The van der Waals surface area contributed by atoms with E-state index < -0.39 is 17.7 Å². The number of hydrogen-bond donors (Lipinski definition) is 1. The molecule has 1 N–H and O–H groups in total. The van der Waals surface area contributed by atoms with E-state index in [0.29, 0.717) is 29.2 Å². The van der Waals surface area contributed by atoms with Gasteiger partial charge in [0.1, 0.15) is 11.5 Å². The molecule has 1 unspecified atom stereocenters. The summed E-state index contributed by atoms with van der Waals surface area (Å²) in [5.74, 6) is -0.885. The van der Waals surface area contributed by atoms with Crippen LogP contribution in [0.4, 0.5) is 5.69 Å². The lowest BCUT2D eigenvalue weighted by molar-refractivity contribution is -0.132. The lowest BCUT2D eigenvalue weighted by Gasteiger charge is -2.25. The predicted molar refractivity (Wildman–Crippen MR) is 133 cm³/mol. The average Bonchev–Trinajstić information content (AvgIpc) is 3.14. The van der Waals surface area contributed by atoms with Gasteiger partial charge in [0, 0.05) is 11.3 Å². The number of anilines is 1. The van der Waals surface area contributed by atoms with E-state index >= 15 is 0 Å². The highest BCUT2D eigenvalue weighted by molar-refractivity contribution is 6.51. The molecule has 5 heteroatoms. The van der Waals surface area contributed by atoms with Crippen molar-refractivity contribution in [3.63, 3.8) is 0 Å². The van der Waals surface area contributed by atoms with Gasteiger partial charge in [-0.25, -0.2) is 0 Å². The Morgan fingerprint density at radius 1 is 0.853 bits per heavy atom. The van der Waals surface area contributed by atoms with Crippen LogP contribution in [0.5, 0.6) is 5.75 Å². The van der Waals surface area contributed by atoms with E-state index in [0.717, 1.165) is 10.8 Å². The van der Waals surface area contributed by atoms with E-state index in [2.05, 4.69) is 0 Å². The van der Waals surface area contributed by atoms with Gasteiger partial charge in [-0.15, -0.1) is 0 Å². The number of ether oxygens (including phenoxy) is 1. The molecule has 4 aromatic carbocycles. The van der Waals surface area contributed by atoms with Crippen LogP contribution in [0.3, 0.4) is 0 Å². The summed E-state index contributed by atoms with van der Waals surface area (Å²) < 4.78 is 5.56. The van der Waals surface area contributed by atoms with Crippen LogP contribution in [0.15, 0.2) is 103 Å². The van der Waals surface area contributed by atoms with Crippen molar-refractivity contribution in [2.24, 2.45) is 0 Å². The van der Waals surface area contributed by atoms with Crippen molar-refractivity contribution in [2.45, 2.75) is 13.0 Å². The van der Waals surface area contributed by atoms with E-state index in [-0.39, 0.29) is 11.3 Å². The quantitative estimate of drug-likeness (QED) is 0.235. The zero-order chi connectivity index (χ0) is 23.7. The molecule has 1 aliphatic heterocycles. The summed E-state index contributed by atoms with van der Waals surface area (Å²) in [6.45, 7) is 2.44. The van der Waals surface area contributed by atoms with Crippen LogP contribution in [-0.4, -0.2) is 23.4 Å². The monoisotopic (exact) mass is 449 g/mol. The molecule has 1 heterocycles. The summed E-state index contributed by atoms with van der Waals surface area (Å²) in [6.07, 6.45) is 0. The number of aliphatic hydroxyl groups is 1. The molecule has 0 aromatic heterocycles. The fourth-order valence-electron chi connectivity index (χ4n) is 4.49. The number of fused-ring (bicyclic) bond motifs is 1. The molecule has 0 radical (unpaired) electrons. The second-order valence-electron chi connectivity index (χ2n) is 8.03. The number of carbonyl (C=O) groups is 2. The molecule has 0 bridgehead atoms. The van der Waals surface area contributed by atoms with Gasteiger partial charge in [0.15, 0.2) is 0 Å². The minimum atomic E-state index is -0.781. The molecule has 34 heavy (non-hydrogen) atoms. The highest BCUT2D eigenvalue weighted by Crippen LogP contribution is 2.43. The number of carbonyl (C=O) groups excluding carboxylic acids is 2. The minimum absolute atomic E-state index is 0.0642. The second-order valence-corrected chi connectivity index (χ2v) is 8.03. The third kappa shape index (κ3) is 3.61. The Bertz CT molecular complexity index is 1400. The molecule has 4 aromatic rings. The van der Waals surface area contributed by atoms with Crippen LogP contribution in [-0.2, 0) is 9.59 Å². The molecule has 0 saturated carbocycles. The van der Waals surface area contributed by atoms with Gasteiger partial charge in [0.05, 0.1) is 18.2 Å². The van der Waals surface area contributed by atoms with Gasteiger partial charge in [0.25, 0.3) is 11.7 Å². The fourth-order valence-corrected chi connectivity index (χ4v) is 4.49. The van der Waals surface area contributed by atoms with Gasteiger partial charge >= 0.3 is 0 Å². The number of benzene rings is 4. The van der Waals surface area contributed by atoms with Crippen molar-refractivity contribution < 1.29 is 19.4 Å². The van der Waals surface area contributed by atoms with Crippen molar-refractivity contribution in [3.05, 3.63) is 114 Å². The third-order valence-electron chi connectivity index (χ3n) is 6.03. The summed E-state index contributed by atoms with van der Waals surface area (Å²) in [6, 6.07) is 28.7. The Balaban J connectivity index is 1.74. The summed E-state index contributed by atoms with van der Waals surface area (Å²) in [4.78, 5) is 28.1. The lowest BCUT2D eigenvalue weighted by Crippen LogP contribution is -2.29. The molecule has 1 amide bonds. The van der Waals surface area contributed by atoms with Crippen LogP contribution in [0, 0.1) is 0 Å². The molecule has 1 aliphatic rings. The summed E-state index contributed by atoms with van der Waals surface area (Å²) in [7, 11) is 0. The fraction of sp³-hybridized carbons (Fsp3) is 0.103. The highest BCUT2D eigenvalue weighted by Gasteiger charge is 2.47. The summed E-state index contributed by atoms with van der Waals surface area (Å²) in [5.41, 5.74) is 1.86. The SMILES string of the molecule is CCOc1ccc(C2/C(=C(/O)c3cccc4ccccc34)C(=O)C(=O)N2c2ccccc2)cc1. The molecule has 1 atom stereocenters. The number of para-hydroxylation sites is 1. The maximum absolute atomic E-state index is 13.4. The standard InChI is InChI=1S/C29H23NO4/c1-2-34-22-17-15-20(16-18-22)26-25(28(32)29(33)30(26)21-11-4-3-5-12-21)27(31)24-14-8-10-19-9-6-7-13-23(19)24/h3-18,26,31H,2H2,1H3/b27-25-. The first-order valence-electron chi connectivity index (χ1n) is 11.2. The first kappa shape index (κ1) is 21.5. The number of hydrogen-bond acceptors (Lipinski definition) is 4. The second kappa shape index (κ2) is 8.87. The van der Waals surface area contributed by atoms with E-state index in [4.69, 9.17) is 4.74 Å². The number of aliphatic hydroxyl groups excluding tert-OH is 1. The van der Waals surface area contributed by atoms with Gasteiger partial charge < -0.3 is 9.84 Å². The van der Waals surface area contributed by atoms with Crippen LogP contribution >= 0.6 is 0 Å². The van der Waals surface area contributed by atoms with Crippen LogP contribution in [0.2, 0.25) is 0 Å². The summed E-state index contributed by atoms with van der Waals surface area (Å²) >= 11 is 0. The smallest absolute Gasteiger partial charge is 0.300 e. The first-order valence-corrected chi connectivity index (χ1v) is 11.2. The van der Waals surface area contributed by atoms with Crippen LogP contribution in [0.1, 0.15) is 24.1 Å². The van der Waals surface area contributed by atoms with Crippen molar-refractivity contribution in [1.82, 2.24) is 0 Å². The van der Waals surface area contributed by atoms with Crippen molar-refractivity contribution in [3.8, 4) is 5.75 Å². The molecule has 168 valence electrons. The van der Waals surface area contributed by atoms with Crippen molar-refractivity contribution in [1.29, 1.82) is 0 Å². The third-order valence-corrected chi connectivity index (χ3v) is 6.03. The highest BCUT2D eigenvalue weighted by atomic mass is 16.5. The maximum atomic E-state index is 13.4. The molecule has 5 rings (SSSR count). The molecule has 5 nitrogen and oxygen atoms in total. The van der Waals surface area contributed by atoms with Crippen LogP contribution < -0.4 is 9.64 Å². The van der Waals surface area contributed by atoms with Gasteiger partial charge in [-0.3, -0.25) is 14.5 Å². The zero-order valence-corrected chi connectivity index (χ0v) is 18.6. The Morgan fingerprint density at radius 2 is 1.53 bits per heavy atom. The average molecular weight is 450 g/mol. The molecule has 0 aliphatic carbocycles. The molecule has 0 spiro atoms. The topological polar surface area (TPSA) is 66.8 Å². The van der Waals surface area contributed by atoms with Crippen molar-refractivity contribution >= 4 is 33.9 Å². The lowest BCUT2D eigenvalue weighted by atomic mass is 9.93. The van der Waals surface area contributed by atoms with E-state index in [1.165, 1.54) is 4.90 Å². The van der Waals surface area contributed by atoms with Crippen LogP contribution in [0.25, 0.3) is 16.5 Å². The van der Waals surface area contributed by atoms with Gasteiger partial charge in [-0.1, -0.05) is 72.8 Å². The Kier molecular flexibility index (Phi) is 5.60. The normalized spacial score (nSPS) is 17.3. The predicted octanol–water partition coefficient (Wildman–Crippen LogP) is 5.86. The van der Waals surface area contributed by atoms with Gasteiger partial charge in [0.2, 0.25) is 0 Å².